The molecule has 266 valence electrons. The van der Waals surface area contributed by atoms with E-state index in [9.17, 15) is 85.3 Å². The molecule has 0 saturated carbocycles. The third-order valence-electron chi connectivity index (χ3n) is 5.82. The number of carboxylic acids is 2. The largest absolute Gasteiger partial charge is 0.478 e. The highest BCUT2D eigenvalue weighted by Crippen LogP contribution is 2.65. The summed E-state index contributed by atoms with van der Waals surface area (Å²) < 4.78 is 244. The smallest absolute Gasteiger partial charge is 0.385 e. The fourth-order valence-electron chi connectivity index (χ4n) is 3.18. The SMILES string of the molecule is C=C(CC(=C(CC=CC(=O)O)C(=O)O)C(F)(F)C(F)(F)C(F)(F)C(F)(F)C(F)(F)C(F)(F)C(F)(F)C(F)(F)C(C)F)C(=O)OCC. The monoisotopic (exact) mass is 714 g/mol. The van der Waals surface area contributed by atoms with Gasteiger partial charge in [0.1, 0.15) is 0 Å². The van der Waals surface area contributed by atoms with Gasteiger partial charge < -0.3 is 14.9 Å². The summed E-state index contributed by atoms with van der Waals surface area (Å²) in [5.41, 5.74) is -7.01. The number of ether oxygens (including phenoxy) is 1. The molecule has 0 fully saturated rings. The van der Waals surface area contributed by atoms with Gasteiger partial charge in [-0.15, -0.1) is 0 Å². The van der Waals surface area contributed by atoms with Crippen molar-refractivity contribution < 1.29 is 104 Å². The zero-order valence-corrected chi connectivity index (χ0v) is 22.5. The molecule has 0 radical (unpaired) electrons. The van der Waals surface area contributed by atoms with Crippen molar-refractivity contribution in [3.63, 3.8) is 0 Å². The van der Waals surface area contributed by atoms with Crippen LogP contribution in [0.5, 0.6) is 0 Å². The highest BCUT2D eigenvalue weighted by atomic mass is 19.4. The van der Waals surface area contributed by atoms with E-state index in [4.69, 9.17) is 5.11 Å². The lowest BCUT2D eigenvalue weighted by atomic mass is 9.83. The maximum absolute atomic E-state index is 15.1. The molecule has 2 N–H and O–H groups in total. The first-order valence-corrected chi connectivity index (χ1v) is 11.6. The molecule has 0 saturated heterocycles. The van der Waals surface area contributed by atoms with Gasteiger partial charge in [-0.1, -0.05) is 12.7 Å². The number of carboxylic acid groups (broad SMARTS) is 2. The van der Waals surface area contributed by atoms with E-state index in [1.54, 1.807) is 0 Å². The number of carbonyl (C=O) groups excluding carboxylic acids is 1. The van der Waals surface area contributed by atoms with Crippen LogP contribution in [0.4, 0.5) is 74.6 Å². The van der Waals surface area contributed by atoms with E-state index in [0.717, 1.165) is 6.92 Å². The first kappa shape index (κ1) is 42.4. The average molecular weight is 714 g/mol. The summed E-state index contributed by atoms with van der Waals surface area (Å²) in [6.07, 6.45) is -8.93. The van der Waals surface area contributed by atoms with Gasteiger partial charge in [0.25, 0.3) is 0 Å². The van der Waals surface area contributed by atoms with E-state index in [1.807, 2.05) is 0 Å². The molecule has 6 nitrogen and oxygen atoms in total. The van der Waals surface area contributed by atoms with E-state index < -0.39 is 115 Å². The van der Waals surface area contributed by atoms with E-state index in [0.29, 0.717) is 0 Å². The summed E-state index contributed by atoms with van der Waals surface area (Å²) >= 11 is 0. The van der Waals surface area contributed by atoms with Crippen LogP contribution in [0.2, 0.25) is 0 Å². The molecule has 0 aromatic heterocycles. The van der Waals surface area contributed by atoms with Gasteiger partial charge in [0.2, 0.25) is 0 Å². The molecule has 0 amide bonds. The first-order valence-electron chi connectivity index (χ1n) is 11.6. The quantitative estimate of drug-likeness (QED) is 0.0929. The summed E-state index contributed by atoms with van der Waals surface area (Å²) in [5.74, 6) is -72.7. The Kier molecular flexibility index (Phi) is 12.3. The minimum Gasteiger partial charge on any atom is -0.478 e. The van der Waals surface area contributed by atoms with E-state index >= 15 is 8.78 Å². The topological polar surface area (TPSA) is 101 Å². The molecular weight excluding hydrogens is 695 g/mol. The summed E-state index contributed by atoms with van der Waals surface area (Å²) in [5, 5.41) is 17.7. The van der Waals surface area contributed by atoms with Crippen LogP contribution < -0.4 is 0 Å². The van der Waals surface area contributed by atoms with Crippen LogP contribution >= 0.6 is 0 Å². The molecule has 0 aliphatic heterocycles. The fraction of sp³-hybridized carbons (Fsp3) is 0.609. The summed E-state index contributed by atoms with van der Waals surface area (Å²) in [4.78, 5) is 33.9. The second-order valence-electron chi connectivity index (χ2n) is 8.97. The molecule has 0 aromatic rings. The maximum atomic E-state index is 15.1. The van der Waals surface area contributed by atoms with Gasteiger partial charge in [0, 0.05) is 29.2 Å². The number of aliphatic carboxylic acids is 2. The van der Waals surface area contributed by atoms with Crippen molar-refractivity contribution in [2.45, 2.75) is 80.2 Å². The molecule has 0 heterocycles. The number of rotatable bonds is 17. The Morgan fingerprint density at radius 1 is 0.739 bits per heavy atom. The van der Waals surface area contributed by atoms with Crippen molar-refractivity contribution in [1.29, 1.82) is 0 Å². The molecule has 0 aromatic carbocycles. The lowest BCUT2D eigenvalue weighted by Gasteiger charge is -2.44. The van der Waals surface area contributed by atoms with Crippen molar-refractivity contribution in [3.05, 3.63) is 35.5 Å². The molecule has 1 unspecified atom stereocenters. The Hall–Kier alpha value is -3.56. The Morgan fingerprint density at radius 3 is 1.48 bits per heavy atom. The number of esters is 1. The van der Waals surface area contributed by atoms with Crippen molar-refractivity contribution >= 4 is 17.9 Å². The number of carbonyl (C=O) groups is 3. The molecule has 0 spiro atoms. The fourth-order valence-corrected chi connectivity index (χ4v) is 3.18. The molecule has 0 aliphatic rings. The van der Waals surface area contributed by atoms with Crippen LogP contribution in [0.1, 0.15) is 26.7 Å². The molecule has 23 heteroatoms. The zero-order chi connectivity index (χ0) is 37.3. The number of alkyl halides is 17. The second kappa shape index (κ2) is 13.3. The Morgan fingerprint density at radius 2 is 1.13 bits per heavy atom. The van der Waals surface area contributed by atoms with E-state index in [1.165, 1.54) is 0 Å². The first-order chi connectivity index (χ1) is 20.2. The minimum absolute atomic E-state index is 0.0305. The van der Waals surface area contributed by atoms with Gasteiger partial charge in [-0.25, -0.2) is 18.8 Å². The standard InChI is InChI=1S/C23H19F17O6/c1-4-46-15(45)9(2)8-12(11(14(43)44)6-5-7-13(41)42)17(27,28)19(31,32)21(35,36)23(39,40)22(37,38)20(33,34)18(29,30)16(25,26)10(3)24/h5,7,10H,2,4,6,8H2,1,3H3,(H,41,42)(H,43,44). The molecular formula is C23H19F17O6. The van der Waals surface area contributed by atoms with Gasteiger partial charge >= 0.3 is 65.3 Å². The third-order valence-corrected chi connectivity index (χ3v) is 5.82. The highest BCUT2D eigenvalue weighted by molar-refractivity contribution is 5.91. The Balaban J connectivity index is 7.71. The molecule has 0 aliphatic carbocycles. The number of allylic oxidation sites excluding steroid dienone is 2. The zero-order valence-electron chi connectivity index (χ0n) is 22.5. The molecule has 46 heavy (non-hydrogen) atoms. The Labute approximate surface area is 245 Å². The van der Waals surface area contributed by atoms with Crippen LogP contribution in [-0.4, -0.2) is 88.3 Å². The van der Waals surface area contributed by atoms with E-state index in [2.05, 4.69) is 11.3 Å². The second-order valence-corrected chi connectivity index (χ2v) is 8.97. The van der Waals surface area contributed by atoms with Crippen molar-refractivity contribution in [2.24, 2.45) is 0 Å². The summed E-state index contributed by atoms with van der Waals surface area (Å²) in [6, 6.07) is 0. The van der Waals surface area contributed by atoms with Crippen molar-refractivity contribution in [2.75, 3.05) is 6.61 Å². The Bertz CT molecular complexity index is 1250. The number of hydrogen-bond donors (Lipinski definition) is 2. The molecule has 0 bridgehead atoms. The molecule has 1 atom stereocenters. The van der Waals surface area contributed by atoms with Crippen LogP contribution in [-0.2, 0) is 19.1 Å². The van der Waals surface area contributed by atoms with Gasteiger partial charge in [-0.2, -0.15) is 70.2 Å². The normalized spacial score (nSPS) is 15.8. The van der Waals surface area contributed by atoms with Gasteiger partial charge in [0.15, 0.2) is 6.17 Å². The van der Waals surface area contributed by atoms with Gasteiger partial charge in [-0.3, -0.25) is 0 Å². The van der Waals surface area contributed by atoms with Gasteiger partial charge in [-0.05, 0) is 20.3 Å². The number of halogens is 17. The lowest BCUT2D eigenvalue weighted by molar-refractivity contribution is -0.453. The predicted octanol–water partition coefficient (Wildman–Crippen LogP) is 7.35. The van der Waals surface area contributed by atoms with Crippen molar-refractivity contribution in [1.82, 2.24) is 0 Å². The van der Waals surface area contributed by atoms with Crippen LogP contribution in [0.25, 0.3) is 0 Å². The average Bonchev–Trinajstić information content (AvgIpc) is 2.88. The maximum Gasteiger partial charge on any atom is 0.385 e. The van der Waals surface area contributed by atoms with Crippen LogP contribution in [0.15, 0.2) is 35.5 Å². The van der Waals surface area contributed by atoms with Crippen LogP contribution in [0, 0.1) is 0 Å². The summed E-state index contributed by atoms with van der Waals surface area (Å²) in [7, 11) is 0. The minimum atomic E-state index is -8.90. The lowest BCUT2D eigenvalue weighted by Crippen LogP contribution is -2.75. The van der Waals surface area contributed by atoms with Crippen molar-refractivity contribution in [3.8, 4) is 0 Å². The summed E-state index contributed by atoms with van der Waals surface area (Å²) in [6.45, 7) is 2.28. The molecule has 0 rings (SSSR count). The highest BCUT2D eigenvalue weighted by Gasteiger charge is 2.95. The predicted molar refractivity (Wildman–Crippen MR) is 117 cm³/mol. The third kappa shape index (κ3) is 6.76. The van der Waals surface area contributed by atoms with E-state index in [-0.39, 0.29) is 12.2 Å². The number of hydrogen-bond acceptors (Lipinski definition) is 4. The van der Waals surface area contributed by atoms with Gasteiger partial charge in [0.05, 0.1) is 6.61 Å². The van der Waals surface area contributed by atoms with Crippen LogP contribution in [0.3, 0.4) is 0 Å².